The van der Waals surface area contributed by atoms with Crippen molar-refractivity contribution in [3.05, 3.63) is 54.1 Å². The van der Waals surface area contributed by atoms with Crippen LogP contribution in [0.2, 0.25) is 0 Å². The lowest BCUT2D eigenvalue weighted by Gasteiger charge is -2.34. The molecule has 1 saturated heterocycles. The van der Waals surface area contributed by atoms with E-state index in [2.05, 4.69) is 23.5 Å². The fourth-order valence-electron chi connectivity index (χ4n) is 3.27. The van der Waals surface area contributed by atoms with Crippen LogP contribution in [0, 0.1) is 5.41 Å². The third-order valence-electron chi connectivity index (χ3n) is 5.13. The number of hydrogen-bond donors (Lipinski definition) is 2. The molecule has 0 atom stereocenters. The lowest BCUT2D eigenvalue weighted by molar-refractivity contribution is -0.136. The molecule has 5 nitrogen and oxygen atoms in total. The van der Waals surface area contributed by atoms with Crippen molar-refractivity contribution in [2.75, 3.05) is 26.9 Å². The molecule has 26 heavy (non-hydrogen) atoms. The van der Waals surface area contributed by atoms with Gasteiger partial charge in [-0.1, -0.05) is 36.4 Å². The summed E-state index contributed by atoms with van der Waals surface area (Å²) in [6.07, 6.45) is 1.37. The van der Waals surface area contributed by atoms with Gasteiger partial charge in [-0.3, -0.25) is 4.79 Å². The minimum absolute atomic E-state index is 0.0279. The Bertz CT molecular complexity index is 737. The molecule has 0 saturated carbocycles. The summed E-state index contributed by atoms with van der Waals surface area (Å²) >= 11 is 0. The van der Waals surface area contributed by atoms with E-state index in [4.69, 9.17) is 15.2 Å². The zero-order valence-electron chi connectivity index (χ0n) is 15.2. The predicted molar refractivity (Wildman–Crippen MR) is 102 cm³/mol. The summed E-state index contributed by atoms with van der Waals surface area (Å²) in [7, 11) is 1.66. The molecule has 0 spiro atoms. The highest BCUT2D eigenvalue weighted by Crippen LogP contribution is 2.29. The minimum Gasteiger partial charge on any atom is -0.497 e. The largest absolute Gasteiger partial charge is 0.497 e. The van der Waals surface area contributed by atoms with Gasteiger partial charge in [0.25, 0.3) is 0 Å². The van der Waals surface area contributed by atoms with Gasteiger partial charge in [0.15, 0.2) is 0 Å². The maximum Gasteiger partial charge on any atom is 0.227 e. The van der Waals surface area contributed by atoms with Gasteiger partial charge in [-0.25, -0.2) is 0 Å². The first-order chi connectivity index (χ1) is 12.7. The van der Waals surface area contributed by atoms with Gasteiger partial charge in [0.1, 0.15) is 5.75 Å². The van der Waals surface area contributed by atoms with Crippen molar-refractivity contribution >= 4 is 5.91 Å². The number of nitrogens with two attached hydrogens (primary N) is 1. The number of nitrogens with one attached hydrogen (secondary N) is 1. The highest BCUT2D eigenvalue weighted by atomic mass is 16.5. The molecule has 0 unspecified atom stereocenters. The lowest BCUT2D eigenvalue weighted by Crippen LogP contribution is -2.48. The number of hydrogen-bond acceptors (Lipinski definition) is 4. The molecule has 5 heteroatoms. The van der Waals surface area contributed by atoms with Gasteiger partial charge in [0, 0.05) is 26.3 Å². The molecule has 138 valence electrons. The molecule has 0 radical (unpaired) electrons. The molecule has 1 aliphatic heterocycles. The van der Waals surface area contributed by atoms with Crippen LogP contribution in [0.4, 0.5) is 0 Å². The monoisotopic (exact) mass is 354 g/mol. The normalized spacial score (nSPS) is 16.1. The molecule has 2 aromatic rings. The van der Waals surface area contributed by atoms with Crippen molar-refractivity contribution in [3.8, 4) is 16.9 Å². The van der Waals surface area contributed by atoms with Crippen molar-refractivity contribution in [1.82, 2.24) is 5.32 Å². The molecule has 1 aliphatic rings. The molecular weight excluding hydrogens is 328 g/mol. The standard InChI is InChI=1S/C21H26N2O3/c1-25-19-4-2-3-18(13-19)17-7-5-16(6-8-17)14-23-20(24)21(15-22)9-11-26-12-10-21/h2-8,13H,9-12,14-15,22H2,1H3,(H,23,24). The summed E-state index contributed by atoms with van der Waals surface area (Å²) in [6.45, 7) is 2.05. The van der Waals surface area contributed by atoms with E-state index in [-0.39, 0.29) is 5.91 Å². The summed E-state index contributed by atoms with van der Waals surface area (Å²) in [6, 6.07) is 16.1. The molecule has 3 N–H and O–H groups in total. The molecule has 1 heterocycles. The lowest BCUT2D eigenvalue weighted by atomic mass is 9.79. The first-order valence-electron chi connectivity index (χ1n) is 8.96. The van der Waals surface area contributed by atoms with Gasteiger partial charge >= 0.3 is 0 Å². The smallest absolute Gasteiger partial charge is 0.227 e. The van der Waals surface area contributed by atoms with Gasteiger partial charge < -0.3 is 20.5 Å². The number of rotatable bonds is 6. The maximum absolute atomic E-state index is 12.6. The predicted octanol–water partition coefficient (Wildman–Crippen LogP) is 2.73. The van der Waals surface area contributed by atoms with Crippen LogP contribution in [0.25, 0.3) is 11.1 Å². The Morgan fingerprint density at radius 2 is 1.88 bits per heavy atom. The molecule has 2 aromatic carbocycles. The zero-order chi connectivity index (χ0) is 18.4. The van der Waals surface area contributed by atoms with E-state index in [1.165, 1.54) is 0 Å². The van der Waals surface area contributed by atoms with E-state index in [1.54, 1.807) is 7.11 Å². The summed E-state index contributed by atoms with van der Waals surface area (Å²) in [5.74, 6) is 0.863. The van der Waals surface area contributed by atoms with Crippen molar-refractivity contribution in [2.24, 2.45) is 11.1 Å². The third kappa shape index (κ3) is 4.06. The number of carbonyl (C=O) groups excluding carboxylic acids is 1. The number of ether oxygens (including phenoxy) is 2. The minimum atomic E-state index is -0.487. The molecule has 1 fully saturated rings. The van der Waals surface area contributed by atoms with Crippen LogP contribution in [-0.2, 0) is 16.1 Å². The maximum atomic E-state index is 12.6. The Hall–Kier alpha value is -2.37. The second kappa shape index (κ2) is 8.34. The van der Waals surface area contributed by atoms with Crippen molar-refractivity contribution in [2.45, 2.75) is 19.4 Å². The number of carbonyl (C=O) groups is 1. The Morgan fingerprint density at radius 3 is 2.54 bits per heavy atom. The van der Waals surface area contributed by atoms with E-state index in [0.29, 0.717) is 39.1 Å². The second-order valence-electron chi connectivity index (χ2n) is 6.71. The van der Waals surface area contributed by atoms with Gasteiger partial charge in [-0.2, -0.15) is 0 Å². The van der Waals surface area contributed by atoms with Gasteiger partial charge in [0.05, 0.1) is 12.5 Å². The van der Waals surface area contributed by atoms with Gasteiger partial charge in [0.2, 0.25) is 5.91 Å². The highest BCUT2D eigenvalue weighted by molar-refractivity contribution is 5.83. The van der Waals surface area contributed by atoms with Crippen LogP contribution in [0.15, 0.2) is 48.5 Å². The van der Waals surface area contributed by atoms with Crippen molar-refractivity contribution in [1.29, 1.82) is 0 Å². The van der Waals surface area contributed by atoms with Gasteiger partial charge in [-0.05, 0) is 41.7 Å². The molecule has 3 rings (SSSR count). The van der Waals surface area contributed by atoms with Crippen LogP contribution in [0.3, 0.4) is 0 Å². The first kappa shape index (κ1) is 18.4. The average molecular weight is 354 g/mol. The summed E-state index contributed by atoms with van der Waals surface area (Å²) in [5, 5.41) is 3.04. The van der Waals surface area contributed by atoms with Crippen molar-refractivity contribution in [3.63, 3.8) is 0 Å². The average Bonchev–Trinajstić information content (AvgIpc) is 2.73. The van der Waals surface area contributed by atoms with Crippen molar-refractivity contribution < 1.29 is 14.3 Å². The van der Waals surface area contributed by atoms with Crippen LogP contribution < -0.4 is 15.8 Å². The van der Waals surface area contributed by atoms with E-state index >= 15 is 0 Å². The molecule has 1 amide bonds. The highest BCUT2D eigenvalue weighted by Gasteiger charge is 2.38. The van der Waals surface area contributed by atoms with Crippen LogP contribution >= 0.6 is 0 Å². The molecule has 0 bridgehead atoms. The van der Waals surface area contributed by atoms with E-state index < -0.39 is 5.41 Å². The third-order valence-corrected chi connectivity index (χ3v) is 5.13. The molecule has 0 aliphatic carbocycles. The fraction of sp³-hybridized carbons (Fsp3) is 0.381. The summed E-state index contributed by atoms with van der Waals surface area (Å²) in [5.41, 5.74) is 8.68. The number of benzene rings is 2. The molecule has 0 aromatic heterocycles. The molecular formula is C21H26N2O3. The Kier molecular flexibility index (Phi) is 5.91. The first-order valence-corrected chi connectivity index (χ1v) is 8.96. The topological polar surface area (TPSA) is 73.6 Å². The van der Waals surface area contributed by atoms with E-state index in [0.717, 1.165) is 22.4 Å². The summed E-state index contributed by atoms with van der Waals surface area (Å²) in [4.78, 5) is 12.6. The SMILES string of the molecule is COc1cccc(-c2ccc(CNC(=O)C3(CN)CCOCC3)cc2)c1. The van der Waals surface area contributed by atoms with E-state index in [9.17, 15) is 4.79 Å². The van der Waals surface area contributed by atoms with Crippen LogP contribution in [0.5, 0.6) is 5.75 Å². The second-order valence-corrected chi connectivity index (χ2v) is 6.71. The fourth-order valence-corrected chi connectivity index (χ4v) is 3.27. The Balaban J connectivity index is 1.63. The Labute approximate surface area is 154 Å². The number of methoxy groups -OCH3 is 1. The zero-order valence-corrected chi connectivity index (χ0v) is 15.2. The van der Waals surface area contributed by atoms with Crippen LogP contribution in [0.1, 0.15) is 18.4 Å². The Morgan fingerprint density at radius 1 is 1.15 bits per heavy atom. The van der Waals surface area contributed by atoms with Crippen LogP contribution in [-0.4, -0.2) is 32.8 Å². The summed E-state index contributed by atoms with van der Waals surface area (Å²) < 4.78 is 10.6. The van der Waals surface area contributed by atoms with E-state index in [1.807, 2.05) is 30.3 Å². The number of amides is 1. The quantitative estimate of drug-likeness (QED) is 0.837. The van der Waals surface area contributed by atoms with Gasteiger partial charge in [-0.15, -0.1) is 0 Å².